The number of amides is 1. The number of carbonyl (C=O) groups excluding carboxylic acids is 2. The fraction of sp³-hybridized carbons (Fsp3) is 0.583. The minimum atomic E-state index is -0.996. The highest BCUT2D eigenvalue weighted by molar-refractivity contribution is 9.10. The first-order valence-electron chi connectivity index (χ1n) is 11.6. The van der Waals surface area contributed by atoms with Crippen LogP contribution in [0.1, 0.15) is 49.3 Å². The van der Waals surface area contributed by atoms with Crippen LogP contribution >= 0.6 is 15.9 Å². The number of aryl methyl sites for hydroxylation is 2. The summed E-state index contributed by atoms with van der Waals surface area (Å²) < 4.78 is 17.5. The molecule has 0 saturated carbocycles. The average Bonchev–Trinajstić information content (AvgIpc) is 3.40. The van der Waals surface area contributed by atoms with E-state index in [2.05, 4.69) is 15.9 Å². The predicted molar refractivity (Wildman–Crippen MR) is 126 cm³/mol. The molecule has 1 aromatic rings. The van der Waals surface area contributed by atoms with E-state index in [1.807, 2.05) is 31.0 Å². The van der Waals surface area contributed by atoms with Gasteiger partial charge in [0.05, 0.1) is 25.9 Å². The topological polar surface area (TPSA) is 86.8 Å². The summed E-state index contributed by atoms with van der Waals surface area (Å²) in [6.07, 6.45) is 1.05. The van der Waals surface area contributed by atoms with Gasteiger partial charge in [0.1, 0.15) is 5.54 Å². The normalized spacial score (nSPS) is 22.7. The Balaban J connectivity index is 1.85. The van der Waals surface area contributed by atoms with Gasteiger partial charge < -0.3 is 19.0 Å². The summed E-state index contributed by atoms with van der Waals surface area (Å²) >= 11 is 3.58. The molecule has 1 spiro atoms. The number of hydrogen-bond donors (Lipinski definition) is 0. The zero-order valence-electron chi connectivity index (χ0n) is 20.0. The Bertz CT molecular complexity index is 982. The molecule has 0 radical (unpaired) electrons. The predicted octanol–water partition coefficient (Wildman–Crippen LogP) is 4.26. The molecule has 9 nitrogen and oxygen atoms in total. The first-order chi connectivity index (χ1) is 16.3. The Hall–Kier alpha value is -1.98. The maximum absolute atomic E-state index is 14.0. The van der Waals surface area contributed by atoms with Crippen molar-refractivity contribution in [1.82, 2.24) is 10.1 Å². The SMILES string of the molecule is CCOC(=O)OC1=C(c2cc(Br)c(C)cc2C)C(=O)N(OC2CCCO2)C12CCN(OC)CC2. The zero-order valence-corrected chi connectivity index (χ0v) is 21.6. The molecule has 0 bridgehead atoms. The summed E-state index contributed by atoms with van der Waals surface area (Å²) in [5.74, 6) is -0.108. The summed E-state index contributed by atoms with van der Waals surface area (Å²) in [5.41, 5.74) is 1.90. The number of hydrogen-bond acceptors (Lipinski definition) is 8. The number of nitrogens with zero attached hydrogens (tertiary/aromatic N) is 2. The van der Waals surface area contributed by atoms with Gasteiger partial charge in [-0.3, -0.25) is 4.79 Å². The lowest BCUT2D eigenvalue weighted by atomic mass is 9.85. The van der Waals surface area contributed by atoms with Gasteiger partial charge >= 0.3 is 6.16 Å². The van der Waals surface area contributed by atoms with Gasteiger partial charge in [-0.1, -0.05) is 22.0 Å². The van der Waals surface area contributed by atoms with E-state index in [1.165, 1.54) is 5.06 Å². The molecule has 0 aromatic heterocycles. The van der Waals surface area contributed by atoms with Crippen molar-refractivity contribution in [2.75, 3.05) is 33.4 Å². The second-order valence-corrected chi connectivity index (χ2v) is 9.55. The maximum Gasteiger partial charge on any atom is 0.513 e. The minimum absolute atomic E-state index is 0.158. The second kappa shape index (κ2) is 10.3. The van der Waals surface area contributed by atoms with Gasteiger partial charge in [-0.05, 0) is 62.8 Å². The number of ether oxygens (including phenoxy) is 3. The standard InChI is InChI=1S/C24H31BrN2O7/c1-5-31-23(29)33-21-20(17-14-18(25)16(3)13-15(17)2)22(28)27(34-19-7-6-12-32-19)24(21)8-10-26(30-4)11-9-24/h13-14,19H,5-12H2,1-4H3. The highest BCUT2D eigenvalue weighted by Gasteiger charge is 2.58. The van der Waals surface area contributed by atoms with Crippen molar-refractivity contribution >= 4 is 33.6 Å². The van der Waals surface area contributed by atoms with Crippen molar-refractivity contribution in [2.45, 2.75) is 58.3 Å². The molecule has 0 N–H and O–H groups in total. The van der Waals surface area contributed by atoms with E-state index < -0.39 is 18.0 Å². The zero-order chi connectivity index (χ0) is 24.5. The Morgan fingerprint density at radius 3 is 2.59 bits per heavy atom. The monoisotopic (exact) mass is 538 g/mol. The van der Waals surface area contributed by atoms with Crippen molar-refractivity contribution in [1.29, 1.82) is 0 Å². The van der Waals surface area contributed by atoms with E-state index in [1.54, 1.807) is 14.0 Å². The van der Waals surface area contributed by atoms with Crippen molar-refractivity contribution in [3.8, 4) is 0 Å². The molecule has 186 valence electrons. The van der Waals surface area contributed by atoms with Gasteiger partial charge in [0.15, 0.2) is 12.0 Å². The summed E-state index contributed by atoms with van der Waals surface area (Å²) in [6, 6.07) is 3.88. The molecule has 10 heteroatoms. The molecule has 4 rings (SSSR count). The van der Waals surface area contributed by atoms with Gasteiger partial charge in [0, 0.05) is 24.0 Å². The Labute approximate surface area is 207 Å². The lowest BCUT2D eigenvalue weighted by Crippen LogP contribution is -2.56. The summed E-state index contributed by atoms with van der Waals surface area (Å²) in [4.78, 5) is 38.2. The largest absolute Gasteiger partial charge is 0.513 e. The Morgan fingerprint density at radius 1 is 1.24 bits per heavy atom. The molecule has 3 aliphatic heterocycles. The van der Waals surface area contributed by atoms with Gasteiger partial charge in [0.25, 0.3) is 5.91 Å². The summed E-state index contributed by atoms with van der Waals surface area (Å²) in [5, 5.41) is 3.20. The number of piperidine rings is 1. The maximum atomic E-state index is 14.0. The van der Waals surface area contributed by atoms with E-state index in [9.17, 15) is 9.59 Å². The smallest absolute Gasteiger partial charge is 0.434 e. The summed E-state index contributed by atoms with van der Waals surface area (Å²) in [6.45, 7) is 7.40. The fourth-order valence-electron chi connectivity index (χ4n) is 4.79. The number of carbonyl (C=O) groups is 2. The molecule has 1 aromatic carbocycles. The van der Waals surface area contributed by atoms with Gasteiger partial charge in [-0.15, -0.1) is 0 Å². The first-order valence-corrected chi connectivity index (χ1v) is 12.4. The van der Waals surface area contributed by atoms with E-state index in [0.29, 0.717) is 50.1 Å². The Morgan fingerprint density at radius 2 is 1.97 bits per heavy atom. The molecule has 3 aliphatic rings. The number of benzene rings is 1. The van der Waals surface area contributed by atoms with Crippen LogP contribution in [0.25, 0.3) is 5.57 Å². The molecular weight excluding hydrogens is 508 g/mol. The molecule has 34 heavy (non-hydrogen) atoms. The molecule has 3 heterocycles. The van der Waals surface area contributed by atoms with E-state index in [4.69, 9.17) is 23.9 Å². The second-order valence-electron chi connectivity index (χ2n) is 8.70. The van der Waals surface area contributed by atoms with Crippen LogP contribution in [-0.2, 0) is 28.7 Å². The molecule has 0 aliphatic carbocycles. The third-order valence-electron chi connectivity index (χ3n) is 6.58. The molecule has 1 unspecified atom stereocenters. The molecule has 1 atom stereocenters. The fourth-order valence-corrected chi connectivity index (χ4v) is 5.14. The van der Waals surface area contributed by atoms with Crippen molar-refractivity contribution in [3.63, 3.8) is 0 Å². The van der Waals surface area contributed by atoms with Gasteiger partial charge in [-0.2, -0.15) is 5.06 Å². The van der Waals surface area contributed by atoms with Crippen LogP contribution in [0.2, 0.25) is 0 Å². The van der Waals surface area contributed by atoms with E-state index >= 15 is 0 Å². The first kappa shape index (κ1) is 25.1. The van der Waals surface area contributed by atoms with E-state index in [0.717, 1.165) is 22.0 Å². The number of halogens is 1. The Kier molecular flexibility index (Phi) is 7.63. The van der Waals surface area contributed by atoms with Crippen LogP contribution < -0.4 is 0 Å². The van der Waals surface area contributed by atoms with Crippen molar-refractivity contribution < 1.29 is 33.5 Å². The van der Waals surface area contributed by atoms with Crippen molar-refractivity contribution in [2.24, 2.45) is 0 Å². The molecule has 2 saturated heterocycles. The number of hydroxylamine groups is 4. The molecule has 2 fully saturated rings. The third kappa shape index (κ3) is 4.61. The van der Waals surface area contributed by atoms with Crippen LogP contribution in [0.15, 0.2) is 22.4 Å². The minimum Gasteiger partial charge on any atom is -0.434 e. The van der Waals surface area contributed by atoms with Gasteiger partial charge in [0.2, 0.25) is 0 Å². The summed E-state index contributed by atoms with van der Waals surface area (Å²) in [7, 11) is 1.61. The molecular formula is C24H31BrN2O7. The highest BCUT2D eigenvalue weighted by Crippen LogP contribution is 2.48. The number of rotatable bonds is 6. The third-order valence-corrected chi connectivity index (χ3v) is 7.43. The van der Waals surface area contributed by atoms with Crippen LogP contribution in [-0.4, -0.2) is 67.4 Å². The van der Waals surface area contributed by atoms with Crippen molar-refractivity contribution in [3.05, 3.63) is 39.1 Å². The average molecular weight is 539 g/mol. The lowest BCUT2D eigenvalue weighted by molar-refractivity contribution is -0.291. The van der Waals surface area contributed by atoms with Crippen LogP contribution in [0, 0.1) is 13.8 Å². The quantitative estimate of drug-likeness (QED) is 0.496. The van der Waals surface area contributed by atoms with E-state index in [-0.39, 0.29) is 18.3 Å². The van der Waals surface area contributed by atoms with Crippen LogP contribution in [0.4, 0.5) is 4.79 Å². The van der Waals surface area contributed by atoms with Gasteiger partial charge in [-0.25, -0.2) is 14.7 Å². The molecule has 1 amide bonds. The lowest BCUT2D eigenvalue weighted by Gasteiger charge is -2.43. The highest BCUT2D eigenvalue weighted by atomic mass is 79.9. The van der Waals surface area contributed by atoms with Crippen LogP contribution in [0.3, 0.4) is 0 Å². The van der Waals surface area contributed by atoms with Crippen LogP contribution in [0.5, 0.6) is 0 Å².